The first-order valence-corrected chi connectivity index (χ1v) is 7.20. The molecular formula is C14H28N2O. The van der Waals surface area contributed by atoms with E-state index in [1.807, 2.05) is 6.92 Å². The molecule has 1 N–H and O–H groups in total. The average molecular weight is 240 g/mol. The summed E-state index contributed by atoms with van der Waals surface area (Å²) in [4.78, 5) is 14.4. The lowest BCUT2D eigenvalue weighted by Crippen LogP contribution is -2.46. The number of likely N-dealkylation sites (tertiary alicyclic amines) is 1. The van der Waals surface area contributed by atoms with E-state index in [4.69, 9.17) is 0 Å². The molecule has 100 valence electrons. The van der Waals surface area contributed by atoms with Crippen molar-refractivity contribution in [2.24, 2.45) is 5.92 Å². The van der Waals surface area contributed by atoms with Crippen molar-refractivity contribution < 1.29 is 4.79 Å². The Labute approximate surface area is 106 Å². The second kappa shape index (κ2) is 7.70. The minimum Gasteiger partial charge on any atom is -0.353 e. The Morgan fingerprint density at radius 2 is 1.94 bits per heavy atom. The summed E-state index contributed by atoms with van der Waals surface area (Å²) >= 11 is 0. The molecule has 1 fully saturated rings. The molecule has 0 spiro atoms. The molecule has 3 nitrogen and oxygen atoms in total. The zero-order valence-corrected chi connectivity index (χ0v) is 11.7. The number of nitrogens with zero attached hydrogens (tertiary/aromatic N) is 1. The second-order valence-electron chi connectivity index (χ2n) is 5.31. The monoisotopic (exact) mass is 240 g/mol. The Hall–Kier alpha value is -0.570. The Morgan fingerprint density at radius 3 is 2.47 bits per heavy atom. The van der Waals surface area contributed by atoms with Crippen LogP contribution >= 0.6 is 0 Å². The van der Waals surface area contributed by atoms with Gasteiger partial charge in [-0.1, -0.05) is 27.2 Å². The highest BCUT2D eigenvalue weighted by atomic mass is 16.1. The Bertz CT molecular complexity index is 222. The summed E-state index contributed by atoms with van der Waals surface area (Å²) in [5.41, 5.74) is 0. The fourth-order valence-corrected chi connectivity index (χ4v) is 2.52. The van der Waals surface area contributed by atoms with Crippen molar-refractivity contribution in [3.63, 3.8) is 0 Å². The molecule has 0 aromatic heterocycles. The fraction of sp³-hybridized carbons (Fsp3) is 0.929. The third kappa shape index (κ3) is 5.07. The maximum atomic E-state index is 11.9. The summed E-state index contributed by atoms with van der Waals surface area (Å²) < 4.78 is 0. The number of piperidine rings is 1. The van der Waals surface area contributed by atoms with E-state index in [1.165, 1.54) is 13.0 Å². The van der Waals surface area contributed by atoms with Crippen LogP contribution in [0.1, 0.15) is 52.9 Å². The number of amides is 1. The van der Waals surface area contributed by atoms with Crippen LogP contribution in [-0.2, 0) is 4.79 Å². The van der Waals surface area contributed by atoms with Gasteiger partial charge in [-0.15, -0.1) is 0 Å². The number of rotatable bonds is 6. The molecule has 1 saturated heterocycles. The molecule has 1 aliphatic rings. The van der Waals surface area contributed by atoms with E-state index in [2.05, 4.69) is 24.1 Å². The van der Waals surface area contributed by atoms with Gasteiger partial charge < -0.3 is 10.2 Å². The van der Waals surface area contributed by atoms with Gasteiger partial charge >= 0.3 is 0 Å². The largest absolute Gasteiger partial charge is 0.353 e. The van der Waals surface area contributed by atoms with Gasteiger partial charge in [0.1, 0.15) is 0 Å². The maximum absolute atomic E-state index is 11.9. The maximum Gasteiger partial charge on any atom is 0.223 e. The highest BCUT2D eigenvalue weighted by molar-refractivity contribution is 5.78. The molecule has 1 aliphatic heterocycles. The van der Waals surface area contributed by atoms with Crippen LogP contribution in [0.5, 0.6) is 0 Å². The van der Waals surface area contributed by atoms with Crippen molar-refractivity contribution in [3.8, 4) is 0 Å². The molecule has 0 bridgehead atoms. The molecule has 0 aromatic carbocycles. The van der Waals surface area contributed by atoms with Crippen molar-refractivity contribution in [1.82, 2.24) is 10.2 Å². The fourth-order valence-electron chi connectivity index (χ4n) is 2.52. The molecule has 0 aliphatic carbocycles. The third-order valence-electron chi connectivity index (χ3n) is 3.64. The molecule has 1 rings (SSSR count). The van der Waals surface area contributed by atoms with Crippen LogP contribution in [0.15, 0.2) is 0 Å². The number of carbonyl (C=O) groups excluding carboxylic acids is 1. The topological polar surface area (TPSA) is 32.3 Å². The first-order chi connectivity index (χ1) is 8.17. The average Bonchev–Trinajstić information content (AvgIpc) is 2.32. The van der Waals surface area contributed by atoms with Crippen LogP contribution < -0.4 is 5.32 Å². The van der Waals surface area contributed by atoms with Crippen molar-refractivity contribution >= 4 is 5.91 Å². The van der Waals surface area contributed by atoms with Crippen molar-refractivity contribution in [1.29, 1.82) is 0 Å². The molecule has 1 unspecified atom stereocenters. The lowest BCUT2D eigenvalue weighted by molar-refractivity contribution is -0.125. The van der Waals surface area contributed by atoms with E-state index in [0.29, 0.717) is 6.04 Å². The van der Waals surface area contributed by atoms with Gasteiger partial charge in [0, 0.05) is 25.0 Å². The van der Waals surface area contributed by atoms with E-state index in [-0.39, 0.29) is 11.8 Å². The highest BCUT2D eigenvalue weighted by Crippen LogP contribution is 2.12. The van der Waals surface area contributed by atoms with Gasteiger partial charge in [0.05, 0.1) is 0 Å². The van der Waals surface area contributed by atoms with E-state index < -0.39 is 0 Å². The van der Waals surface area contributed by atoms with Gasteiger partial charge in [-0.2, -0.15) is 0 Å². The Balaban J connectivity index is 2.23. The third-order valence-corrected chi connectivity index (χ3v) is 3.64. The van der Waals surface area contributed by atoms with E-state index in [9.17, 15) is 4.79 Å². The van der Waals surface area contributed by atoms with E-state index in [1.54, 1.807) is 0 Å². The Morgan fingerprint density at radius 1 is 1.29 bits per heavy atom. The van der Waals surface area contributed by atoms with Crippen molar-refractivity contribution in [2.75, 3.05) is 19.6 Å². The Kier molecular flexibility index (Phi) is 6.56. The van der Waals surface area contributed by atoms with Crippen LogP contribution in [0.3, 0.4) is 0 Å². The zero-order valence-electron chi connectivity index (χ0n) is 11.7. The number of hydrogen-bond donors (Lipinski definition) is 1. The first kappa shape index (κ1) is 14.5. The van der Waals surface area contributed by atoms with Gasteiger partial charge in [0.2, 0.25) is 5.91 Å². The smallest absolute Gasteiger partial charge is 0.223 e. The normalized spacial score (nSPS) is 20.2. The van der Waals surface area contributed by atoms with Gasteiger partial charge in [0.25, 0.3) is 0 Å². The lowest BCUT2D eigenvalue weighted by atomic mass is 10.0. The molecule has 1 amide bonds. The predicted octanol–water partition coefficient (Wildman–Crippen LogP) is 2.41. The SMILES string of the molecule is CCCC(C)C(=O)NC1CCN(CCC)CC1. The predicted molar refractivity (Wildman–Crippen MR) is 72.0 cm³/mol. The van der Waals surface area contributed by atoms with Gasteiger partial charge in [0.15, 0.2) is 0 Å². The van der Waals surface area contributed by atoms with E-state index in [0.717, 1.165) is 38.8 Å². The molecule has 1 atom stereocenters. The molecule has 17 heavy (non-hydrogen) atoms. The summed E-state index contributed by atoms with van der Waals surface area (Å²) in [7, 11) is 0. The van der Waals surface area contributed by atoms with Crippen LogP contribution in [0.4, 0.5) is 0 Å². The summed E-state index contributed by atoms with van der Waals surface area (Å²) in [6.07, 6.45) is 5.55. The summed E-state index contributed by atoms with van der Waals surface area (Å²) in [6.45, 7) is 9.87. The number of carbonyl (C=O) groups is 1. The van der Waals surface area contributed by atoms with Crippen LogP contribution in [0, 0.1) is 5.92 Å². The number of nitrogens with one attached hydrogen (secondary N) is 1. The summed E-state index contributed by atoms with van der Waals surface area (Å²) in [5.74, 6) is 0.425. The first-order valence-electron chi connectivity index (χ1n) is 7.20. The molecular weight excluding hydrogens is 212 g/mol. The molecule has 1 heterocycles. The van der Waals surface area contributed by atoms with Gasteiger partial charge in [-0.25, -0.2) is 0 Å². The zero-order chi connectivity index (χ0) is 12.7. The minimum atomic E-state index is 0.175. The quantitative estimate of drug-likeness (QED) is 0.773. The molecule has 0 saturated carbocycles. The molecule has 0 aromatic rings. The van der Waals surface area contributed by atoms with Crippen LogP contribution in [0.25, 0.3) is 0 Å². The second-order valence-corrected chi connectivity index (χ2v) is 5.31. The van der Waals surface area contributed by atoms with Crippen molar-refractivity contribution in [3.05, 3.63) is 0 Å². The highest BCUT2D eigenvalue weighted by Gasteiger charge is 2.21. The standard InChI is InChI=1S/C14H28N2O/c1-4-6-12(3)14(17)15-13-7-10-16(9-5-2)11-8-13/h12-13H,4-11H2,1-3H3,(H,15,17). The van der Waals surface area contributed by atoms with E-state index >= 15 is 0 Å². The van der Waals surface area contributed by atoms with Crippen LogP contribution in [-0.4, -0.2) is 36.5 Å². The summed E-state index contributed by atoms with van der Waals surface area (Å²) in [5, 5.41) is 3.20. The minimum absolute atomic E-state index is 0.175. The number of hydrogen-bond acceptors (Lipinski definition) is 2. The van der Waals surface area contributed by atoms with Crippen LogP contribution in [0.2, 0.25) is 0 Å². The molecule has 0 radical (unpaired) electrons. The molecule has 3 heteroatoms. The van der Waals surface area contributed by atoms with Gasteiger partial charge in [-0.05, 0) is 32.2 Å². The van der Waals surface area contributed by atoms with Crippen molar-refractivity contribution in [2.45, 2.75) is 58.9 Å². The lowest BCUT2D eigenvalue weighted by Gasteiger charge is -2.32. The summed E-state index contributed by atoms with van der Waals surface area (Å²) in [6, 6.07) is 0.412. The van der Waals surface area contributed by atoms with Gasteiger partial charge in [-0.3, -0.25) is 4.79 Å².